The highest BCUT2D eigenvalue weighted by atomic mass is 35.5. The lowest BCUT2D eigenvalue weighted by atomic mass is 10.2. The Labute approximate surface area is 139 Å². The number of ether oxygens (including phenoxy) is 1. The van der Waals surface area contributed by atoms with Gasteiger partial charge in [0.1, 0.15) is 12.4 Å². The molecule has 8 heteroatoms. The normalized spacial score (nSPS) is 10.5. The van der Waals surface area contributed by atoms with Gasteiger partial charge in [-0.2, -0.15) is 0 Å². The number of nitrogens with zero attached hydrogens (tertiary/aromatic N) is 1. The van der Waals surface area contributed by atoms with Gasteiger partial charge in [0, 0.05) is 11.8 Å². The Morgan fingerprint density at radius 3 is 2.52 bits per heavy atom. The molecule has 2 aromatic rings. The van der Waals surface area contributed by atoms with Crippen LogP contribution in [-0.4, -0.2) is 11.0 Å². The summed E-state index contributed by atoms with van der Waals surface area (Å²) in [6.45, 7) is -0.359. The quantitative estimate of drug-likeness (QED) is 0.699. The molecule has 0 unspecified atom stereocenters. The van der Waals surface area contributed by atoms with Crippen molar-refractivity contribution < 1.29 is 13.9 Å². The van der Waals surface area contributed by atoms with Crippen LogP contribution in [0.4, 0.5) is 4.39 Å². The number of esters is 1. The maximum absolute atomic E-state index is 13.5. The van der Waals surface area contributed by atoms with Gasteiger partial charge < -0.3 is 4.74 Å². The summed E-state index contributed by atoms with van der Waals surface area (Å²) >= 11 is 23.2. The molecule has 1 aromatic carbocycles. The summed E-state index contributed by atoms with van der Waals surface area (Å²) in [6.07, 6.45) is 1.17. The fourth-order valence-electron chi connectivity index (χ4n) is 1.46. The number of hydrogen-bond donors (Lipinski definition) is 0. The molecule has 0 spiro atoms. The van der Waals surface area contributed by atoms with Gasteiger partial charge in [-0.1, -0.05) is 52.5 Å². The number of pyridine rings is 1. The van der Waals surface area contributed by atoms with Gasteiger partial charge in [0.15, 0.2) is 5.69 Å². The predicted octanol–water partition coefficient (Wildman–Crippen LogP) is 5.19. The average molecular weight is 369 g/mol. The number of benzene rings is 1. The van der Waals surface area contributed by atoms with E-state index < -0.39 is 11.8 Å². The Hall–Kier alpha value is -1.07. The minimum absolute atomic E-state index is 0.00999. The van der Waals surface area contributed by atoms with Crippen LogP contribution in [0, 0.1) is 5.82 Å². The number of rotatable bonds is 3. The lowest BCUT2D eigenvalue weighted by Gasteiger charge is -2.09. The molecular weight excluding hydrogens is 363 g/mol. The zero-order chi connectivity index (χ0) is 15.6. The van der Waals surface area contributed by atoms with Crippen molar-refractivity contribution in [1.82, 2.24) is 4.98 Å². The number of aromatic nitrogens is 1. The summed E-state index contributed by atoms with van der Waals surface area (Å²) in [5.41, 5.74) is -0.151. The maximum Gasteiger partial charge on any atom is 0.358 e. The molecule has 110 valence electrons. The third kappa shape index (κ3) is 3.58. The van der Waals surface area contributed by atoms with Crippen LogP contribution in [0.25, 0.3) is 0 Å². The van der Waals surface area contributed by atoms with Gasteiger partial charge in [0.05, 0.1) is 20.1 Å². The minimum Gasteiger partial charge on any atom is -0.456 e. The largest absolute Gasteiger partial charge is 0.456 e. The highest BCUT2D eigenvalue weighted by Gasteiger charge is 2.19. The highest BCUT2D eigenvalue weighted by Crippen LogP contribution is 2.31. The van der Waals surface area contributed by atoms with Gasteiger partial charge in [-0.3, -0.25) is 0 Å². The predicted molar refractivity (Wildman–Crippen MR) is 79.8 cm³/mol. The van der Waals surface area contributed by atoms with Crippen molar-refractivity contribution in [2.24, 2.45) is 0 Å². The second-order valence-corrected chi connectivity index (χ2v) is 5.43. The summed E-state index contributed by atoms with van der Waals surface area (Å²) in [4.78, 5) is 15.6. The number of halogens is 5. The van der Waals surface area contributed by atoms with Gasteiger partial charge in [-0.15, -0.1) is 0 Å². The summed E-state index contributed by atoms with van der Waals surface area (Å²) in [5, 5.41) is 0.115. The molecule has 0 fully saturated rings. The topological polar surface area (TPSA) is 39.2 Å². The molecule has 3 nitrogen and oxygen atoms in total. The van der Waals surface area contributed by atoms with Gasteiger partial charge in [-0.25, -0.2) is 14.2 Å². The van der Waals surface area contributed by atoms with E-state index in [2.05, 4.69) is 4.98 Å². The van der Waals surface area contributed by atoms with Crippen LogP contribution in [0.1, 0.15) is 16.1 Å². The van der Waals surface area contributed by atoms with Crippen LogP contribution < -0.4 is 0 Å². The Kier molecular flexibility index (Phi) is 5.27. The molecule has 0 saturated heterocycles. The smallest absolute Gasteiger partial charge is 0.358 e. The number of hydrogen-bond acceptors (Lipinski definition) is 3. The second-order valence-electron chi connectivity index (χ2n) is 3.86. The van der Waals surface area contributed by atoms with Crippen LogP contribution in [0.5, 0.6) is 0 Å². The molecule has 0 radical (unpaired) electrons. The highest BCUT2D eigenvalue weighted by molar-refractivity contribution is 6.48. The molecule has 0 bridgehead atoms. The van der Waals surface area contributed by atoms with E-state index in [1.807, 2.05) is 0 Å². The first kappa shape index (κ1) is 16.3. The molecule has 0 atom stereocenters. The van der Waals surface area contributed by atoms with Crippen molar-refractivity contribution >= 4 is 52.4 Å². The zero-order valence-electron chi connectivity index (χ0n) is 10.2. The van der Waals surface area contributed by atoms with Gasteiger partial charge in [0.2, 0.25) is 0 Å². The first-order chi connectivity index (χ1) is 9.91. The Morgan fingerprint density at radius 2 is 1.86 bits per heavy atom. The van der Waals surface area contributed by atoms with E-state index in [4.69, 9.17) is 51.1 Å². The molecule has 0 N–H and O–H groups in total. The molecule has 0 aliphatic rings. The molecule has 0 aliphatic carbocycles. The van der Waals surface area contributed by atoms with E-state index in [9.17, 15) is 9.18 Å². The molecule has 1 aromatic heterocycles. The van der Waals surface area contributed by atoms with E-state index in [0.29, 0.717) is 0 Å². The lowest BCUT2D eigenvalue weighted by Crippen LogP contribution is -2.09. The first-order valence-electron chi connectivity index (χ1n) is 5.51. The van der Waals surface area contributed by atoms with Crippen molar-refractivity contribution in [2.45, 2.75) is 6.61 Å². The van der Waals surface area contributed by atoms with Crippen molar-refractivity contribution in [2.75, 3.05) is 0 Å². The van der Waals surface area contributed by atoms with Crippen molar-refractivity contribution in [3.63, 3.8) is 0 Å². The summed E-state index contributed by atoms with van der Waals surface area (Å²) in [7, 11) is 0. The monoisotopic (exact) mass is 367 g/mol. The number of carbonyl (C=O) groups excluding carboxylic acids is 1. The molecule has 21 heavy (non-hydrogen) atoms. The molecule has 0 aliphatic heterocycles. The molecule has 2 rings (SSSR count). The molecule has 1 heterocycles. The lowest BCUT2D eigenvalue weighted by molar-refractivity contribution is 0.0462. The number of carbonyl (C=O) groups is 1. The van der Waals surface area contributed by atoms with Crippen LogP contribution in [-0.2, 0) is 11.3 Å². The Bertz CT molecular complexity index is 689. The average Bonchev–Trinajstić information content (AvgIpc) is 2.44. The maximum atomic E-state index is 13.5. The van der Waals surface area contributed by atoms with Gasteiger partial charge in [-0.05, 0) is 12.1 Å². The van der Waals surface area contributed by atoms with Crippen LogP contribution in [0.2, 0.25) is 20.1 Å². The van der Waals surface area contributed by atoms with E-state index >= 15 is 0 Å². The van der Waals surface area contributed by atoms with E-state index in [0.717, 1.165) is 0 Å². The Balaban J connectivity index is 2.18. The summed E-state index contributed by atoms with van der Waals surface area (Å²) < 4.78 is 18.5. The summed E-state index contributed by atoms with van der Waals surface area (Å²) in [5.74, 6) is -1.44. The van der Waals surface area contributed by atoms with Crippen molar-refractivity contribution in [1.29, 1.82) is 0 Å². The van der Waals surface area contributed by atoms with Crippen LogP contribution in [0.3, 0.4) is 0 Å². The summed E-state index contributed by atoms with van der Waals surface area (Å²) in [6, 6.07) is 4.14. The first-order valence-corrected chi connectivity index (χ1v) is 7.02. The van der Waals surface area contributed by atoms with Crippen LogP contribution in [0.15, 0.2) is 24.4 Å². The van der Waals surface area contributed by atoms with Crippen molar-refractivity contribution in [3.05, 3.63) is 61.6 Å². The molecule has 0 saturated carbocycles. The zero-order valence-corrected chi connectivity index (χ0v) is 13.2. The van der Waals surface area contributed by atoms with Gasteiger partial charge in [0.25, 0.3) is 0 Å². The SMILES string of the molecule is O=C(OCc1c(F)cccc1Cl)c1ncc(Cl)c(Cl)c1Cl. The third-order valence-corrected chi connectivity index (χ3v) is 4.11. The fourth-order valence-corrected chi connectivity index (χ4v) is 2.24. The minimum atomic E-state index is -0.863. The molecular formula is C13H6Cl4FNO2. The van der Waals surface area contributed by atoms with E-state index in [1.54, 1.807) is 0 Å². The second kappa shape index (κ2) is 6.79. The fraction of sp³-hybridized carbons (Fsp3) is 0.0769. The van der Waals surface area contributed by atoms with E-state index in [1.165, 1.54) is 24.4 Å². The van der Waals surface area contributed by atoms with Crippen molar-refractivity contribution in [3.8, 4) is 0 Å². The molecule has 0 amide bonds. The Morgan fingerprint density at radius 1 is 1.14 bits per heavy atom. The third-order valence-electron chi connectivity index (χ3n) is 2.52. The van der Waals surface area contributed by atoms with Crippen LogP contribution >= 0.6 is 46.4 Å². The van der Waals surface area contributed by atoms with Gasteiger partial charge >= 0.3 is 5.97 Å². The van der Waals surface area contributed by atoms with E-state index in [-0.39, 0.29) is 38.0 Å². The standard InChI is InChI=1S/C13H6Cl4FNO2/c14-7-2-1-3-9(18)6(7)5-21-13(20)12-11(17)10(16)8(15)4-19-12/h1-4H,5H2.